The smallest absolute Gasteiger partial charge is 0.337 e. The summed E-state index contributed by atoms with van der Waals surface area (Å²) in [7, 11) is -4.26. The van der Waals surface area contributed by atoms with Crippen molar-refractivity contribution in [1.82, 2.24) is 0 Å². The Hall–Kier alpha value is -2.61. The number of carbonyl (C=O) groups is 1. The number of aromatic carboxylic acids is 1. The first-order chi connectivity index (χ1) is 9.81. The van der Waals surface area contributed by atoms with Crippen LogP contribution in [0.15, 0.2) is 47.4 Å². The van der Waals surface area contributed by atoms with Crippen LogP contribution in [-0.4, -0.2) is 19.5 Å². The highest BCUT2D eigenvalue weighted by Crippen LogP contribution is 2.24. The third kappa shape index (κ3) is 3.11. The van der Waals surface area contributed by atoms with Crippen molar-refractivity contribution in [1.29, 1.82) is 0 Å². The van der Waals surface area contributed by atoms with Crippen molar-refractivity contribution in [3.05, 3.63) is 53.8 Å². The minimum Gasteiger partial charge on any atom is -0.478 e. The molecule has 0 bridgehead atoms. The molecule has 0 aliphatic rings. The average Bonchev–Trinajstić information content (AvgIpc) is 2.38. The summed E-state index contributed by atoms with van der Waals surface area (Å²) in [5.41, 5.74) is 5.17. The molecule has 0 radical (unpaired) electrons. The third-order valence-corrected chi connectivity index (χ3v) is 4.04. The molecule has 0 unspecified atom stereocenters. The summed E-state index contributed by atoms with van der Waals surface area (Å²) in [4.78, 5) is 10.5. The predicted octanol–water partition coefficient (Wildman–Crippen LogP) is 1.91. The lowest BCUT2D eigenvalue weighted by atomic mass is 10.1. The first-order valence-corrected chi connectivity index (χ1v) is 7.20. The Morgan fingerprint density at radius 2 is 1.86 bits per heavy atom. The van der Waals surface area contributed by atoms with Gasteiger partial charge in [0.2, 0.25) is 0 Å². The summed E-state index contributed by atoms with van der Waals surface area (Å²) in [6, 6.07) is 8.41. The van der Waals surface area contributed by atoms with Gasteiger partial charge in [0.05, 0.1) is 11.3 Å². The van der Waals surface area contributed by atoms with Gasteiger partial charge in [-0.05, 0) is 30.3 Å². The Morgan fingerprint density at radius 1 is 1.19 bits per heavy atom. The van der Waals surface area contributed by atoms with Gasteiger partial charge in [-0.1, -0.05) is 12.1 Å². The highest BCUT2D eigenvalue weighted by Gasteiger charge is 2.21. The van der Waals surface area contributed by atoms with Crippen molar-refractivity contribution in [2.75, 3.05) is 10.5 Å². The first kappa shape index (κ1) is 14.8. The molecular formula is C13H11FN2O4S. The lowest BCUT2D eigenvalue weighted by molar-refractivity contribution is 0.0698. The van der Waals surface area contributed by atoms with E-state index in [0.29, 0.717) is 0 Å². The summed E-state index contributed by atoms with van der Waals surface area (Å²) >= 11 is 0. The van der Waals surface area contributed by atoms with Crippen molar-refractivity contribution >= 4 is 27.4 Å². The Morgan fingerprint density at radius 3 is 2.48 bits per heavy atom. The van der Waals surface area contributed by atoms with Gasteiger partial charge < -0.3 is 10.8 Å². The number of carboxylic acid groups (broad SMARTS) is 1. The number of carboxylic acids is 1. The molecule has 0 aliphatic heterocycles. The van der Waals surface area contributed by atoms with Crippen LogP contribution in [0.25, 0.3) is 0 Å². The minimum atomic E-state index is -4.26. The summed E-state index contributed by atoms with van der Waals surface area (Å²) < 4.78 is 39.9. The Labute approximate surface area is 120 Å². The molecule has 21 heavy (non-hydrogen) atoms. The molecule has 0 aromatic heterocycles. The molecule has 0 saturated heterocycles. The summed E-state index contributed by atoms with van der Waals surface area (Å²) in [6.45, 7) is 0. The largest absolute Gasteiger partial charge is 0.478 e. The van der Waals surface area contributed by atoms with Gasteiger partial charge in [0.1, 0.15) is 10.7 Å². The van der Waals surface area contributed by atoms with Gasteiger partial charge in [0, 0.05) is 5.69 Å². The summed E-state index contributed by atoms with van der Waals surface area (Å²) in [5, 5.41) is 9.03. The standard InChI is InChI=1S/C13H11FN2O4S/c14-10-3-1-2-4-12(10)21(19,20)16-11-7-8(15)5-6-9(11)13(17)18/h1-7,16H,15H2,(H,17,18). The molecule has 8 heteroatoms. The van der Waals surface area contributed by atoms with Crippen molar-refractivity contribution in [2.45, 2.75) is 4.90 Å². The van der Waals surface area contributed by atoms with Gasteiger partial charge in [0.25, 0.3) is 10.0 Å². The lowest BCUT2D eigenvalue weighted by Gasteiger charge is -2.11. The van der Waals surface area contributed by atoms with Gasteiger partial charge >= 0.3 is 5.97 Å². The lowest BCUT2D eigenvalue weighted by Crippen LogP contribution is -2.17. The number of hydrogen-bond acceptors (Lipinski definition) is 4. The van der Waals surface area contributed by atoms with Crippen molar-refractivity contribution in [2.24, 2.45) is 0 Å². The molecule has 0 spiro atoms. The molecule has 110 valence electrons. The van der Waals surface area contributed by atoms with Gasteiger partial charge in [0.15, 0.2) is 0 Å². The van der Waals surface area contributed by atoms with Crippen LogP contribution < -0.4 is 10.5 Å². The van der Waals surface area contributed by atoms with Gasteiger partial charge in [-0.25, -0.2) is 17.6 Å². The average molecular weight is 310 g/mol. The fourth-order valence-corrected chi connectivity index (χ4v) is 2.85. The number of halogens is 1. The molecule has 0 heterocycles. The number of nitrogens with one attached hydrogen (secondary N) is 1. The number of benzene rings is 2. The Balaban J connectivity index is 2.49. The number of rotatable bonds is 4. The van der Waals surface area contributed by atoms with E-state index in [4.69, 9.17) is 10.8 Å². The van der Waals surface area contributed by atoms with E-state index in [-0.39, 0.29) is 16.9 Å². The van der Waals surface area contributed by atoms with E-state index in [2.05, 4.69) is 0 Å². The zero-order valence-corrected chi connectivity index (χ0v) is 11.4. The summed E-state index contributed by atoms with van der Waals surface area (Å²) in [6.07, 6.45) is 0. The Kier molecular flexibility index (Phi) is 3.81. The van der Waals surface area contributed by atoms with E-state index >= 15 is 0 Å². The molecule has 4 N–H and O–H groups in total. The van der Waals surface area contributed by atoms with Crippen LogP contribution in [0.1, 0.15) is 10.4 Å². The molecule has 2 aromatic carbocycles. The van der Waals surface area contributed by atoms with E-state index in [0.717, 1.165) is 24.3 Å². The van der Waals surface area contributed by atoms with Crippen LogP contribution >= 0.6 is 0 Å². The molecule has 0 atom stereocenters. The second-order valence-corrected chi connectivity index (χ2v) is 5.80. The van der Waals surface area contributed by atoms with Gasteiger partial charge in [-0.2, -0.15) is 0 Å². The zero-order chi connectivity index (χ0) is 15.6. The third-order valence-electron chi connectivity index (χ3n) is 2.64. The number of sulfonamides is 1. The van der Waals surface area contributed by atoms with Gasteiger partial charge in [-0.15, -0.1) is 0 Å². The molecule has 2 rings (SSSR count). The van der Waals surface area contributed by atoms with Crippen LogP contribution in [0, 0.1) is 5.82 Å². The van der Waals surface area contributed by atoms with Crippen molar-refractivity contribution < 1.29 is 22.7 Å². The van der Waals surface area contributed by atoms with E-state index < -0.39 is 26.7 Å². The topological polar surface area (TPSA) is 109 Å². The minimum absolute atomic E-state index is 0.172. The van der Waals surface area contributed by atoms with E-state index in [1.807, 2.05) is 4.72 Å². The fourth-order valence-electron chi connectivity index (χ4n) is 1.70. The number of anilines is 2. The summed E-state index contributed by atoms with van der Waals surface area (Å²) in [5.74, 6) is -2.27. The quantitative estimate of drug-likeness (QED) is 0.747. The van der Waals surface area contributed by atoms with Crippen LogP contribution in [0.4, 0.5) is 15.8 Å². The van der Waals surface area contributed by atoms with E-state index in [9.17, 15) is 17.6 Å². The van der Waals surface area contributed by atoms with Crippen LogP contribution in [0.5, 0.6) is 0 Å². The molecular weight excluding hydrogens is 299 g/mol. The number of nitrogens with two attached hydrogens (primary N) is 1. The number of hydrogen-bond donors (Lipinski definition) is 3. The highest BCUT2D eigenvalue weighted by molar-refractivity contribution is 7.92. The van der Waals surface area contributed by atoms with Crippen LogP contribution in [-0.2, 0) is 10.0 Å². The van der Waals surface area contributed by atoms with Crippen LogP contribution in [0.3, 0.4) is 0 Å². The maximum absolute atomic E-state index is 13.6. The normalized spacial score (nSPS) is 11.1. The second-order valence-electron chi connectivity index (χ2n) is 4.15. The maximum atomic E-state index is 13.6. The molecule has 0 fully saturated rings. The predicted molar refractivity (Wildman–Crippen MR) is 75.0 cm³/mol. The number of nitrogen functional groups attached to an aromatic ring is 1. The Bertz CT molecular complexity index is 806. The molecule has 6 nitrogen and oxygen atoms in total. The second kappa shape index (κ2) is 5.41. The molecule has 0 aliphatic carbocycles. The fraction of sp³-hybridized carbons (Fsp3) is 0. The molecule has 0 saturated carbocycles. The van der Waals surface area contributed by atoms with Crippen molar-refractivity contribution in [3.63, 3.8) is 0 Å². The SMILES string of the molecule is Nc1ccc(C(=O)O)c(NS(=O)(=O)c2ccccc2F)c1. The first-order valence-electron chi connectivity index (χ1n) is 5.71. The highest BCUT2D eigenvalue weighted by atomic mass is 32.2. The zero-order valence-electron chi connectivity index (χ0n) is 10.6. The van der Waals surface area contributed by atoms with Gasteiger partial charge in [-0.3, -0.25) is 4.72 Å². The maximum Gasteiger partial charge on any atom is 0.337 e. The van der Waals surface area contributed by atoms with Crippen molar-refractivity contribution in [3.8, 4) is 0 Å². The van der Waals surface area contributed by atoms with Crippen LogP contribution in [0.2, 0.25) is 0 Å². The monoisotopic (exact) mass is 310 g/mol. The van der Waals surface area contributed by atoms with E-state index in [1.165, 1.54) is 18.2 Å². The van der Waals surface area contributed by atoms with E-state index in [1.54, 1.807) is 0 Å². The molecule has 2 aromatic rings. The molecule has 0 amide bonds.